The highest BCUT2D eigenvalue weighted by molar-refractivity contribution is 6.30. The average molecular weight is 335 g/mol. The Kier molecular flexibility index (Phi) is 5.39. The Bertz CT molecular complexity index is 701. The number of hydrogen-bond donors (Lipinski definition) is 2. The highest BCUT2D eigenvalue weighted by Gasteiger charge is 2.16. The van der Waals surface area contributed by atoms with E-state index in [2.05, 4.69) is 20.8 Å². The van der Waals surface area contributed by atoms with E-state index in [1.165, 1.54) is 0 Å². The van der Waals surface area contributed by atoms with Crippen molar-refractivity contribution in [2.24, 2.45) is 0 Å². The standard InChI is InChI=1S/C16H19ClN4O2/c1-9-7-13(17)5-6-14(9)23-12(4)15(22)20-21-16-18-10(2)8-11(3)19-16/h5-8,12H,1-4H3,(H,20,22)(H,18,19,21)/t12-/m0/s1. The number of hydrogen-bond acceptors (Lipinski definition) is 5. The quantitative estimate of drug-likeness (QED) is 0.822. The molecular weight excluding hydrogens is 316 g/mol. The van der Waals surface area contributed by atoms with E-state index in [1.807, 2.05) is 26.8 Å². The Balaban J connectivity index is 1.94. The second-order valence-corrected chi connectivity index (χ2v) is 5.69. The molecule has 1 aromatic heterocycles. The molecule has 122 valence electrons. The van der Waals surface area contributed by atoms with E-state index in [-0.39, 0.29) is 5.91 Å². The van der Waals surface area contributed by atoms with Crippen LogP contribution >= 0.6 is 11.6 Å². The molecule has 2 aromatic rings. The van der Waals surface area contributed by atoms with Gasteiger partial charge in [0.05, 0.1) is 0 Å². The molecule has 0 aliphatic carbocycles. The van der Waals surface area contributed by atoms with Crippen LogP contribution in [0.4, 0.5) is 5.95 Å². The van der Waals surface area contributed by atoms with Crippen molar-refractivity contribution < 1.29 is 9.53 Å². The molecule has 0 spiro atoms. The zero-order valence-electron chi connectivity index (χ0n) is 13.5. The Morgan fingerprint density at radius 2 is 1.83 bits per heavy atom. The fourth-order valence-electron chi connectivity index (χ4n) is 1.99. The summed E-state index contributed by atoms with van der Waals surface area (Å²) in [5.41, 5.74) is 7.73. The van der Waals surface area contributed by atoms with Crippen molar-refractivity contribution in [1.29, 1.82) is 0 Å². The summed E-state index contributed by atoms with van der Waals surface area (Å²) < 4.78 is 5.65. The van der Waals surface area contributed by atoms with Crippen LogP contribution in [0.5, 0.6) is 5.75 Å². The van der Waals surface area contributed by atoms with Crippen LogP contribution in [0, 0.1) is 20.8 Å². The number of aromatic nitrogens is 2. The number of rotatable bonds is 5. The summed E-state index contributed by atoms with van der Waals surface area (Å²) in [6.07, 6.45) is -0.687. The molecule has 1 atom stereocenters. The first-order valence-electron chi connectivity index (χ1n) is 7.16. The van der Waals surface area contributed by atoms with Gasteiger partial charge in [-0.25, -0.2) is 9.97 Å². The van der Waals surface area contributed by atoms with E-state index >= 15 is 0 Å². The Hall–Kier alpha value is -2.34. The van der Waals surface area contributed by atoms with Gasteiger partial charge in [-0.2, -0.15) is 0 Å². The Morgan fingerprint density at radius 1 is 1.17 bits per heavy atom. The van der Waals surface area contributed by atoms with Crippen LogP contribution in [0.15, 0.2) is 24.3 Å². The molecule has 2 rings (SSSR count). The maximum Gasteiger partial charge on any atom is 0.279 e. The van der Waals surface area contributed by atoms with E-state index in [4.69, 9.17) is 16.3 Å². The lowest BCUT2D eigenvalue weighted by atomic mass is 10.2. The topological polar surface area (TPSA) is 76.1 Å². The maximum atomic E-state index is 12.1. The fourth-order valence-corrected chi connectivity index (χ4v) is 2.22. The predicted molar refractivity (Wildman–Crippen MR) is 89.6 cm³/mol. The van der Waals surface area contributed by atoms with Crippen molar-refractivity contribution in [3.05, 3.63) is 46.2 Å². The van der Waals surface area contributed by atoms with Crippen molar-refractivity contribution in [2.45, 2.75) is 33.8 Å². The largest absolute Gasteiger partial charge is 0.481 e. The third kappa shape index (κ3) is 4.82. The van der Waals surface area contributed by atoms with Crippen LogP contribution in [0.25, 0.3) is 0 Å². The van der Waals surface area contributed by atoms with Gasteiger partial charge < -0.3 is 4.74 Å². The molecule has 7 heteroatoms. The van der Waals surface area contributed by atoms with Gasteiger partial charge in [0.25, 0.3) is 5.91 Å². The predicted octanol–water partition coefficient (Wildman–Crippen LogP) is 2.97. The number of hydrazine groups is 1. The number of carbonyl (C=O) groups excluding carboxylic acids is 1. The second kappa shape index (κ2) is 7.28. The monoisotopic (exact) mass is 334 g/mol. The summed E-state index contributed by atoms with van der Waals surface area (Å²) in [5.74, 6) is 0.618. The zero-order valence-corrected chi connectivity index (χ0v) is 14.2. The normalized spacial score (nSPS) is 11.7. The lowest BCUT2D eigenvalue weighted by molar-refractivity contribution is -0.126. The highest BCUT2D eigenvalue weighted by atomic mass is 35.5. The zero-order chi connectivity index (χ0) is 17.0. The van der Waals surface area contributed by atoms with Crippen LogP contribution in [-0.4, -0.2) is 22.0 Å². The number of anilines is 1. The van der Waals surface area contributed by atoms with Gasteiger partial charge in [0.2, 0.25) is 5.95 Å². The summed E-state index contributed by atoms with van der Waals surface area (Å²) in [7, 11) is 0. The van der Waals surface area contributed by atoms with E-state index < -0.39 is 6.10 Å². The SMILES string of the molecule is Cc1cc(C)nc(NNC(=O)[C@H](C)Oc2ccc(Cl)cc2C)n1. The van der Waals surface area contributed by atoms with Gasteiger partial charge in [-0.15, -0.1) is 0 Å². The number of benzene rings is 1. The molecule has 2 N–H and O–H groups in total. The van der Waals surface area contributed by atoms with Gasteiger partial charge in [0, 0.05) is 16.4 Å². The third-order valence-electron chi connectivity index (χ3n) is 3.09. The van der Waals surface area contributed by atoms with Crippen LogP contribution in [0.2, 0.25) is 5.02 Å². The lowest BCUT2D eigenvalue weighted by Gasteiger charge is -2.16. The van der Waals surface area contributed by atoms with Gasteiger partial charge in [0.1, 0.15) is 5.75 Å². The Labute approximate surface area is 140 Å². The highest BCUT2D eigenvalue weighted by Crippen LogP contribution is 2.22. The molecule has 23 heavy (non-hydrogen) atoms. The second-order valence-electron chi connectivity index (χ2n) is 5.26. The smallest absolute Gasteiger partial charge is 0.279 e. The van der Waals surface area contributed by atoms with E-state index in [0.717, 1.165) is 17.0 Å². The Morgan fingerprint density at radius 3 is 2.43 bits per heavy atom. The minimum atomic E-state index is -0.687. The molecule has 0 fully saturated rings. The first kappa shape index (κ1) is 17.0. The minimum absolute atomic E-state index is 0.331. The van der Waals surface area contributed by atoms with Gasteiger partial charge in [0.15, 0.2) is 6.10 Å². The first-order chi connectivity index (χ1) is 10.8. The molecule has 6 nitrogen and oxygen atoms in total. The van der Waals surface area contributed by atoms with Crippen molar-refractivity contribution in [3.8, 4) is 5.75 Å². The summed E-state index contributed by atoms with van der Waals surface area (Å²) >= 11 is 5.90. The van der Waals surface area contributed by atoms with Crippen molar-refractivity contribution in [3.63, 3.8) is 0 Å². The number of amides is 1. The molecular formula is C16H19ClN4O2. The van der Waals surface area contributed by atoms with Crippen LogP contribution in [-0.2, 0) is 4.79 Å². The fraction of sp³-hybridized carbons (Fsp3) is 0.312. The molecule has 1 amide bonds. The minimum Gasteiger partial charge on any atom is -0.481 e. The average Bonchev–Trinajstić information content (AvgIpc) is 2.46. The van der Waals surface area contributed by atoms with Crippen molar-refractivity contribution >= 4 is 23.5 Å². The molecule has 0 aliphatic heterocycles. The molecule has 0 saturated heterocycles. The molecule has 0 aliphatic rings. The van der Waals surface area contributed by atoms with Crippen molar-refractivity contribution in [2.75, 3.05) is 5.43 Å². The maximum absolute atomic E-state index is 12.1. The van der Waals surface area contributed by atoms with Gasteiger partial charge in [-0.1, -0.05) is 11.6 Å². The number of carbonyl (C=O) groups is 1. The van der Waals surface area contributed by atoms with Gasteiger partial charge >= 0.3 is 0 Å². The molecule has 0 radical (unpaired) electrons. The third-order valence-corrected chi connectivity index (χ3v) is 3.32. The van der Waals surface area contributed by atoms with Crippen LogP contribution < -0.4 is 15.6 Å². The molecule has 0 unspecified atom stereocenters. The summed E-state index contributed by atoms with van der Waals surface area (Å²) in [4.78, 5) is 20.4. The van der Waals surface area contributed by atoms with Crippen LogP contribution in [0.3, 0.4) is 0 Å². The van der Waals surface area contributed by atoms with E-state index in [1.54, 1.807) is 25.1 Å². The van der Waals surface area contributed by atoms with Crippen molar-refractivity contribution in [1.82, 2.24) is 15.4 Å². The first-order valence-corrected chi connectivity index (χ1v) is 7.54. The summed E-state index contributed by atoms with van der Waals surface area (Å²) in [6, 6.07) is 7.09. The molecule has 0 saturated carbocycles. The van der Waals surface area contributed by atoms with E-state index in [0.29, 0.717) is 16.7 Å². The number of nitrogens with one attached hydrogen (secondary N) is 2. The van der Waals surface area contributed by atoms with E-state index in [9.17, 15) is 4.79 Å². The van der Waals surface area contributed by atoms with Gasteiger partial charge in [-0.3, -0.25) is 15.6 Å². The summed E-state index contributed by atoms with van der Waals surface area (Å²) in [6.45, 7) is 7.24. The number of ether oxygens (including phenoxy) is 1. The number of aryl methyl sites for hydroxylation is 3. The molecule has 1 aromatic carbocycles. The molecule has 1 heterocycles. The van der Waals surface area contributed by atoms with Crippen LogP contribution in [0.1, 0.15) is 23.9 Å². The van der Waals surface area contributed by atoms with Gasteiger partial charge in [-0.05, 0) is 57.5 Å². The molecule has 0 bridgehead atoms. The number of halogens is 1. The lowest BCUT2D eigenvalue weighted by Crippen LogP contribution is -2.40. The number of nitrogens with zero attached hydrogens (tertiary/aromatic N) is 2. The summed E-state index contributed by atoms with van der Waals surface area (Å²) in [5, 5.41) is 0.626.